The van der Waals surface area contributed by atoms with Gasteiger partial charge >= 0.3 is 0 Å². The van der Waals surface area contributed by atoms with E-state index in [2.05, 4.69) is 0 Å². The van der Waals surface area contributed by atoms with Crippen molar-refractivity contribution in [1.29, 1.82) is 0 Å². The second-order valence-corrected chi connectivity index (χ2v) is 5.15. The summed E-state index contributed by atoms with van der Waals surface area (Å²) in [4.78, 5) is 0. The number of methoxy groups -OCH3 is 3. The standard InChI is InChI=1S/C15H25NO4/c1-9(2)8-11(17)13(16)10-6-7-12(18-3)15(20-5)14(10)19-4/h6-7,9,11,13,17H,8,16H2,1-5H3/t11-,13+/m1/s1. The van der Waals surface area contributed by atoms with Crippen LogP contribution in [0.5, 0.6) is 17.2 Å². The van der Waals surface area contributed by atoms with Gasteiger partial charge in [0.2, 0.25) is 5.75 Å². The van der Waals surface area contributed by atoms with E-state index >= 15 is 0 Å². The number of hydrogen-bond acceptors (Lipinski definition) is 5. The van der Waals surface area contributed by atoms with Gasteiger partial charge < -0.3 is 25.1 Å². The average molecular weight is 283 g/mol. The van der Waals surface area contributed by atoms with Gasteiger partial charge in [-0.05, 0) is 24.5 Å². The molecule has 1 aromatic rings. The predicted octanol–water partition coefficient (Wildman–Crippen LogP) is 2.12. The maximum Gasteiger partial charge on any atom is 0.203 e. The van der Waals surface area contributed by atoms with Gasteiger partial charge in [0.05, 0.1) is 33.5 Å². The average Bonchev–Trinajstić information content (AvgIpc) is 2.43. The number of rotatable bonds is 7. The normalized spacial score (nSPS) is 14.0. The van der Waals surface area contributed by atoms with E-state index in [1.54, 1.807) is 33.5 Å². The van der Waals surface area contributed by atoms with Gasteiger partial charge in [0, 0.05) is 5.56 Å². The first-order valence-electron chi connectivity index (χ1n) is 6.68. The van der Waals surface area contributed by atoms with Crippen LogP contribution in [0.3, 0.4) is 0 Å². The molecular formula is C15H25NO4. The van der Waals surface area contributed by atoms with Gasteiger partial charge in [0.15, 0.2) is 11.5 Å². The van der Waals surface area contributed by atoms with Crippen LogP contribution in [-0.4, -0.2) is 32.5 Å². The molecule has 0 amide bonds. The lowest BCUT2D eigenvalue weighted by Gasteiger charge is -2.24. The number of nitrogens with two attached hydrogens (primary N) is 1. The lowest BCUT2D eigenvalue weighted by atomic mass is 9.94. The Labute approximate surface area is 120 Å². The molecule has 1 rings (SSSR count). The molecule has 0 fully saturated rings. The van der Waals surface area contributed by atoms with Gasteiger partial charge in [-0.25, -0.2) is 0 Å². The largest absolute Gasteiger partial charge is 0.493 e. The molecular weight excluding hydrogens is 258 g/mol. The van der Waals surface area contributed by atoms with E-state index in [0.717, 1.165) is 0 Å². The molecule has 0 spiro atoms. The maximum atomic E-state index is 10.2. The molecule has 1 aromatic carbocycles. The third-order valence-corrected chi connectivity index (χ3v) is 3.22. The molecule has 0 aliphatic carbocycles. The van der Waals surface area contributed by atoms with E-state index in [1.165, 1.54) is 0 Å². The van der Waals surface area contributed by atoms with Gasteiger partial charge in [0.1, 0.15) is 0 Å². The summed E-state index contributed by atoms with van der Waals surface area (Å²) in [7, 11) is 4.65. The fraction of sp³-hybridized carbons (Fsp3) is 0.600. The van der Waals surface area contributed by atoms with E-state index in [9.17, 15) is 5.11 Å². The molecule has 5 nitrogen and oxygen atoms in total. The summed E-state index contributed by atoms with van der Waals surface area (Å²) >= 11 is 0. The number of hydrogen-bond donors (Lipinski definition) is 2. The minimum Gasteiger partial charge on any atom is -0.493 e. The molecule has 3 N–H and O–H groups in total. The van der Waals surface area contributed by atoms with Crippen LogP contribution in [0.25, 0.3) is 0 Å². The van der Waals surface area contributed by atoms with Crippen LogP contribution >= 0.6 is 0 Å². The quantitative estimate of drug-likeness (QED) is 0.802. The summed E-state index contributed by atoms with van der Waals surface area (Å²) in [6.45, 7) is 4.09. The van der Waals surface area contributed by atoms with Crippen LogP contribution in [0.2, 0.25) is 0 Å². The van der Waals surface area contributed by atoms with Crippen LogP contribution in [0.4, 0.5) is 0 Å². The lowest BCUT2D eigenvalue weighted by Crippen LogP contribution is -2.28. The van der Waals surface area contributed by atoms with Crippen molar-refractivity contribution in [2.24, 2.45) is 11.7 Å². The molecule has 2 atom stereocenters. The molecule has 0 radical (unpaired) electrons. The van der Waals surface area contributed by atoms with E-state index in [-0.39, 0.29) is 0 Å². The van der Waals surface area contributed by atoms with Crippen molar-refractivity contribution < 1.29 is 19.3 Å². The summed E-state index contributed by atoms with van der Waals surface area (Å²) in [5.74, 6) is 1.92. The molecule has 0 aliphatic rings. The highest BCUT2D eigenvalue weighted by Crippen LogP contribution is 2.42. The number of ether oxygens (including phenoxy) is 3. The van der Waals surface area contributed by atoms with E-state index in [0.29, 0.717) is 35.2 Å². The smallest absolute Gasteiger partial charge is 0.203 e. The van der Waals surface area contributed by atoms with Crippen molar-refractivity contribution in [1.82, 2.24) is 0 Å². The topological polar surface area (TPSA) is 73.9 Å². The van der Waals surface area contributed by atoms with Crippen molar-refractivity contribution in [3.63, 3.8) is 0 Å². The monoisotopic (exact) mass is 283 g/mol. The molecule has 0 aromatic heterocycles. The van der Waals surface area contributed by atoms with Crippen LogP contribution in [0.15, 0.2) is 12.1 Å². The molecule has 0 saturated carbocycles. The first-order chi connectivity index (χ1) is 9.46. The highest BCUT2D eigenvalue weighted by atomic mass is 16.5. The molecule has 5 heteroatoms. The second kappa shape index (κ2) is 7.36. The highest BCUT2D eigenvalue weighted by molar-refractivity contribution is 5.56. The minimum absolute atomic E-state index is 0.363. The Bertz CT molecular complexity index is 434. The van der Waals surface area contributed by atoms with Gasteiger partial charge in [-0.15, -0.1) is 0 Å². The van der Waals surface area contributed by atoms with Gasteiger partial charge in [-0.1, -0.05) is 13.8 Å². The molecule has 20 heavy (non-hydrogen) atoms. The lowest BCUT2D eigenvalue weighted by molar-refractivity contribution is 0.119. The van der Waals surface area contributed by atoms with Crippen molar-refractivity contribution in [3.8, 4) is 17.2 Å². The summed E-state index contributed by atoms with van der Waals surface area (Å²) in [5, 5.41) is 10.2. The van der Waals surface area contributed by atoms with Gasteiger partial charge in [-0.3, -0.25) is 0 Å². The molecule has 0 bridgehead atoms. The second-order valence-electron chi connectivity index (χ2n) is 5.15. The van der Waals surface area contributed by atoms with Crippen molar-refractivity contribution >= 4 is 0 Å². The number of aliphatic hydroxyl groups excluding tert-OH is 1. The zero-order valence-electron chi connectivity index (χ0n) is 12.8. The van der Waals surface area contributed by atoms with E-state index in [1.807, 2.05) is 13.8 Å². The zero-order chi connectivity index (χ0) is 15.3. The minimum atomic E-state index is -0.637. The third-order valence-electron chi connectivity index (χ3n) is 3.22. The van der Waals surface area contributed by atoms with Crippen LogP contribution in [0, 0.1) is 5.92 Å². The van der Waals surface area contributed by atoms with Crippen molar-refractivity contribution in [3.05, 3.63) is 17.7 Å². The van der Waals surface area contributed by atoms with Crippen molar-refractivity contribution in [2.45, 2.75) is 32.4 Å². The Morgan fingerprint density at radius 1 is 1.05 bits per heavy atom. The fourth-order valence-corrected chi connectivity index (χ4v) is 2.22. The van der Waals surface area contributed by atoms with Gasteiger partial charge in [-0.2, -0.15) is 0 Å². The molecule has 0 unspecified atom stereocenters. The molecule has 114 valence electrons. The van der Waals surface area contributed by atoms with Crippen LogP contribution < -0.4 is 19.9 Å². The Hall–Kier alpha value is -1.46. The maximum absolute atomic E-state index is 10.2. The van der Waals surface area contributed by atoms with Gasteiger partial charge in [0.25, 0.3) is 0 Å². The molecule has 0 saturated heterocycles. The Morgan fingerprint density at radius 3 is 2.10 bits per heavy atom. The zero-order valence-corrected chi connectivity index (χ0v) is 12.8. The highest BCUT2D eigenvalue weighted by Gasteiger charge is 2.25. The number of aliphatic hydroxyl groups is 1. The van der Waals surface area contributed by atoms with Crippen LogP contribution in [0.1, 0.15) is 31.9 Å². The van der Waals surface area contributed by atoms with Crippen LogP contribution in [-0.2, 0) is 0 Å². The first-order valence-corrected chi connectivity index (χ1v) is 6.68. The number of benzene rings is 1. The Morgan fingerprint density at radius 2 is 1.65 bits per heavy atom. The van der Waals surface area contributed by atoms with E-state index < -0.39 is 12.1 Å². The molecule has 0 aliphatic heterocycles. The third kappa shape index (κ3) is 3.55. The molecule has 0 heterocycles. The SMILES string of the molecule is COc1ccc([C@H](N)[C@H](O)CC(C)C)c(OC)c1OC. The first kappa shape index (κ1) is 16.6. The summed E-state index contributed by atoms with van der Waals surface area (Å²) in [6.07, 6.45) is -0.0134. The van der Waals surface area contributed by atoms with Crippen molar-refractivity contribution in [2.75, 3.05) is 21.3 Å². The fourth-order valence-electron chi connectivity index (χ4n) is 2.22. The predicted molar refractivity (Wildman–Crippen MR) is 78.5 cm³/mol. The summed E-state index contributed by atoms with van der Waals surface area (Å²) < 4.78 is 15.9. The Balaban J connectivity index is 3.17. The summed E-state index contributed by atoms with van der Waals surface area (Å²) in [6, 6.07) is 3.03. The summed E-state index contributed by atoms with van der Waals surface area (Å²) in [5.41, 5.74) is 6.86. The Kier molecular flexibility index (Phi) is 6.10. The van der Waals surface area contributed by atoms with E-state index in [4.69, 9.17) is 19.9 Å².